The van der Waals surface area contributed by atoms with Gasteiger partial charge in [-0.1, -0.05) is 0 Å². The van der Waals surface area contributed by atoms with Gasteiger partial charge in [0.15, 0.2) is 0 Å². The maximum Gasteiger partial charge on any atom is 0.250 e. The summed E-state index contributed by atoms with van der Waals surface area (Å²) in [5.74, 6) is 5.74. The van der Waals surface area contributed by atoms with Crippen molar-refractivity contribution in [3.63, 3.8) is 0 Å². The van der Waals surface area contributed by atoms with E-state index in [4.69, 9.17) is 5.84 Å². The summed E-state index contributed by atoms with van der Waals surface area (Å²) in [4.78, 5) is 13.3. The van der Waals surface area contributed by atoms with Crippen LogP contribution in [0, 0.1) is 5.92 Å². The third kappa shape index (κ3) is 2.42. The Hall–Kier alpha value is -0.610. The molecule has 1 amide bonds. The van der Waals surface area contributed by atoms with Crippen LogP contribution in [0.4, 0.5) is 0 Å². The maximum absolute atomic E-state index is 11.2. The lowest BCUT2D eigenvalue weighted by Gasteiger charge is -2.29. The van der Waals surface area contributed by atoms with Crippen LogP contribution < -0.4 is 11.3 Å². The predicted molar refractivity (Wildman–Crippen MR) is 51.7 cm³/mol. The number of nitrogens with one attached hydrogen (secondary N) is 1. The van der Waals surface area contributed by atoms with Gasteiger partial charge in [0.1, 0.15) is 0 Å². The third-order valence-corrected chi connectivity index (χ3v) is 3.08. The molecule has 4 heteroatoms. The van der Waals surface area contributed by atoms with E-state index in [0.29, 0.717) is 6.04 Å². The number of rotatable bonds is 4. The monoisotopic (exact) mass is 185 g/mol. The fraction of sp³-hybridized carbons (Fsp3) is 0.889. The van der Waals surface area contributed by atoms with Crippen molar-refractivity contribution in [3.05, 3.63) is 0 Å². The summed E-state index contributed by atoms with van der Waals surface area (Å²) < 4.78 is 0. The number of carbonyl (C=O) groups excluding carboxylic acids is 1. The van der Waals surface area contributed by atoms with Crippen molar-refractivity contribution in [2.75, 3.05) is 7.05 Å². The van der Waals surface area contributed by atoms with Gasteiger partial charge in [0, 0.05) is 6.04 Å². The minimum absolute atomic E-state index is 0.116. The minimum atomic E-state index is -0.138. The van der Waals surface area contributed by atoms with Crippen LogP contribution in [0.3, 0.4) is 0 Å². The van der Waals surface area contributed by atoms with Gasteiger partial charge in [-0.3, -0.25) is 15.1 Å². The fourth-order valence-corrected chi connectivity index (χ4v) is 1.57. The highest BCUT2D eigenvalue weighted by molar-refractivity contribution is 5.80. The molecule has 4 nitrogen and oxygen atoms in total. The molecule has 0 saturated heterocycles. The van der Waals surface area contributed by atoms with Crippen molar-refractivity contribution in [2.24, 2.45) is 11.8 Å². The molecule has 3 N–H and O–H groups in total. The van der Waals surface area contributed by atoms with E-state index in [0.717, 1.165) is 5.92 Å². The van der Waals surface area contributed by atoms with Gasteiger partial charge < -0.3 is 0 Å². The van der Waals surface area contributed by atoms with Crippen LogP contribution in [0.25, 0.3) is 0 Å². The molecular weight excluding hydrogens is 166 g/mol. The largest absolute Gasteiger partial charge is 0.293 e. The zero-order valence-corrected chi connectivity index (χ0v) is 8.58. The second-order valence-electron chi connectivity index (χ2n) is 3.93. The molecule has 2 atom stereocenters. The van der Waals surface area contributed by atoms with Gasteiger partial charge in [-0.25, -0.2) is 5.84 Å². The molecule has 0 aromatic rings. The number of hydrazine groups is 1. The van der Waals surface area contributed by atoms with Crippen molar-refractivity contribution in [3.8, 4) is 0 Å². The first-order valence-electron chi connectivity index (χ1n) is 4.80. The van der Waals surface area contributed by atoms with E-state index < -0.39 is 0 Å². The van der Waals surface area contributed by atoms with Crippen molar-refractivity contribution in [1.29, 1.82) is 0 Å². The maximum atomic E-state index is 11.2. The Morgan fingerprint density at radius 3 is 2.46 bits per heavy atom. The normalized spacial score (nSPS) is 21.3. The van der Waals surface area contributed by atoms with Crippen LogP contribution in [0.5, 0.6) is 0 Å². The summed E-state index contributed by atoms with van der Waals surface area (Å²) >= 11 is 0. The first-order valence-corrected chi connectivity index (χ1v) is 4.80. The van der Waals surface area contributed by atoms with Crippen molar-refractivity contribution in [1.82, 2.24) is 10.3 Å². The second-order valence-corrected chi connectivity index (χ2v) is 3.93. The van der Waals surface area contributed by atoms with E-state index in [9.17, 15) is 4.79 Å². The van der Waals surface area contributed by atoms with Crippen LogP contribution in [-0.2, 0) is 4.79 Å². The summed E-state index contributed by atoms with van der Waals surface area (Å²) in [6.07, 6.45) is 2.59. The predicted octanol–water partition coefficient (Wildman–Crippen LogP) is 0.0951. The van der Waals surface area contributed by atoms with E-state index in [2.05, 4.69) is 17.2 Å². The molecule has 1 aliphatic rings. The first kappa shape index (κ1) is 10.5. The lowest BCUT2D eigenvalue weighted by Crippen LogP contribution is -2.49. The quantitative estimate of drug-likeness (QED) is 0.371. The molecule has 76 valence electrons. The molecular formula is C9H19N3O. The molecule has 1 rings (SSSR count). The van der Waals surface area contributed by atoms with Crippen LogP contribution in [0.2, 0.25) is 0 Å². The molecule has 0 aliphatic heterocycles. The van der Waals surface area contributed by atoms with Gasteiger partial charge in [-0.05, 0) is 39.7 Å². The first-order chi connectivity index (χ1) is 6.07. The Balaban J connectivity index is 2.44. The number of hydrogen-bond donors (Lipinski definition) is 2. The van der Waals surface area contributed by atoms with Crippen LogP contribution in [0.1, 0.15) is 26.7 Å². The van der Waals surface area contributed by atoms with E-state index in [1.807, 2.05) is 14.0 Å². The summed E-state index contributed by atoms with van der Waals surface area (Å²) in [5, 5.41) is 0. The SMILES string of the molecule is CC(C(=O)NN)N(C)C(C)C1CC1. The van der Waals surface area contributed by atoms with Crippen molar-refractivity contribution < 1.29 is 4.79 Å². The highest BCUT2D eigenvalue weighted by Crippen LogP contribution is 2.35. The van der Waals surface area contributed by atoms with Gasteiger partial charge in [0.2, 0.25) is 0 Å². The molecule has 0 aromatic carbocycles. The van der Waals surface area contributed by atoms with Gasteiger partial charge in [0.25, 0.3) is 5.91 Å². The lowest BCUT2D eigenvalue weighted by molar-refractivity contribution is -0.126. The molecule has 0 bridgehead atoms. The molecule has 1 aliphatic carbocycles. The Bertz CT molecular complexity index is 191. The van der Waals surface area contributed by atoms with Gasteiger partial charge in [-0.15, -0.1) is 0 Å². The zero-order valence-electron chi connectivity index (χ0n) is 8.58. The van der Waals surface area contributed by atoms with E-state index in [1.165, 1.54) is 12.8 Å². The number of likely N-dealkylation sites (N-methyl/N-ethyl adjacent to an activating group) is 1. The average Bonchev–Trinajstić information content (AvgIpc) is 2.96. The van der Waals surface area contributed by atoms with Gasteiger partial charge in [-0.2, -0.15) is 0 Å². The molecule has 0 spiro atoms. The Labute approximate surface area is 79.4 Å². The van der Waals surface area contributed by atoms with E-state index >= 15 is 0 Å². The van der Waals surface area contributed by atoms with Gasteiger partial charge in [0.05, 0.1) is 6.04 Å². The molecule has 0 radical (unpaired) electrons. The third-order valence-electron chi connectivity index (χ3n) is 3.08. The number of nitrogens with two attached hydrogens (primary N) is 1. The molecule has 1 fully saturated rings. The summed E-state index contributed by atoms with van der Waals surface area (Å²) in [7, 11) is 1.98. The standard InChI is InChI=1S/C9H19N3O/c1-6(8-4-5-8)12(3)7(2)9(13)11-10/h6-8H,4-5,10H2,1-3H3,(H,11,13). The molecule has 2 unspecified atom stereocenters. The highest BCUT2D eigenvalue weighted by atomic mass is 16.2. The Morgan fingerprint density at radius 1 is 1.54 bits per heavy atom. The zero-order chi connectivity index (χ0) is 10.0. The number of hydrogen-bond acceptors (Lipinski definition) is 3. The molecule has 13 heavy (non-hydrogen) atoms. The Kier molecular flexibility index (Phi) is 3.27. The molecule has 0 aromatic heterocycles. The van der Waals surface area contributed by atoms with Crippen LogP contribution in [0.15, 0.2) is 0 Å². The molecule has 0 heterocycles. The van der Waals surface area contributed by atoms with E-state index in [1.54, 1.807) is 0 Å². The summed E-state index contributed by atoms with van der Waals surface area (Å²) in [5.41, 5.74) is 2.18. The smallest absolute Gasteiger partial charge is 0.250 e. The summed E-state index contributed by atoms with van der Waals surface area (Å²) in [6, 6.07) is 0.341. The Morgan fingerprint density at radius 2 is 2.08 bits per heavy atom. The van der Waals surface area contributed by atoms with Crippen molar-refractivity contribution >= 4 is 5.91 Å². The van der Waals surface area contributed by atoms with Crippen molar-refractivity contribution in [2.45, 2.75) is 38.8 Å². The number of carbonyl (C=O) groups is 1. The second kappa shape index (κ2) is 4.07. The highest BCUT2D eigenvalue weighted by Gasteiger charge is 2.33. The number of amides is 1. The number of nitrogens with zero attached hydrogens (tertiary/aromatic N) is 1. The molecule has 1 saturated carbocycles. The minimum Gasteiger partial charge on any atom is -0.293 e. The average molecular weight is 185 g/mol. The van der Waals surface area contributed by atoms with Gasteiger partial charge >= 0.3 is 0 Å². The van der Waals surface area contributed by atoms with E-state index in [-0.39, 0.29) is 11.9 Å². The fourth-order valence-electron chi connectivity index (χ4n) is 1.57. The lowest BCUT2D eigenvalue weighted by atomic mass is 10.1. The van der Waals surface area contributed by atoms with Crippen LogP contribution >= 0.6 is 0 Å². The summed E-state index contributed by atoms with van der Waals surface area (Å²) in [6.45, 7) is 4.04. The van der Waals surface area contributed by atoms with Crippen LogP contribution in [-0.4, -0.2) is 29.9 Å². The topological polar surface area (TPSA) is 58.4 Å².